The molecule has 5 heterocycles. The molecule has 6 rings (SSSR count). The first-order valence-corrected chi connectivity index (χ1v) is 9.43. The van der Waals surface area contributed by atoms with Gasteiger partial charge < -0.3 is 14.8 Å². The molecule has 0 radical (unpaired) electrons. The number of piperidine rings is 1. The lowest BCUT2D eigenvalue weighted by Gasteiger charge is -2.44. The number of hydrogen-bond donors (Lipinski definition) is 1. The lowest BCUT2D eigenvalue weighted by atomic mass is 9.94. The minimum atomic E-state index is -0.0500. The van der Waals surface area contributed by atoms with Gasteiger partial charge in [-0.05, 0) is 24.1 Å². The van der Waals surface area contributed by atoms with Gasteiger partial charge in [0.25, 0.3) is 0 Å². The van der Waals surface area contributed by atoms with Crippen molar-refractivity contribution in [1.29, 1.82) is 0 Å². The van der Waals surface area contributed by atoms with Crippen molar-refractivity contribution in [3.8, 4) is 0 Å². The molecule has 4 heteroatoms. The van der Waals surface area contributed by atoms with Gasteiger partial charge >= 0.3 is 0 Å². The number of para-hydroxylation sites is 1. The summed E-state index contributed by atoms with van der Waals surface area (Å²) in [5, 5.41) is 14.2. The van der Waals surface area contributed by atoms with E-state index < -0.39 is 0 Å². The Morgan fingerprint density at radius 3 is 2.77 bits per heavy atom. The normalized spacial score (nSPS) is 24.9. The number of rotatable bonds is 2. The number of pyridine rings is 1. The number of hydrogen-bond acceptors (Lipinski definition) is 2. The predicted octanol–water partition coefficient (Wildman–Crippen LogP) is 4.75. The van der Waals surface area contributed by atoms with Gasteiger partial charge in [0, 0.05) is 47.3 Å². The van der Waals surface area contributed by atoms with E-state index in [1.54, 1.807) is 0 Å². The molecule has 0 unspecified atom stereocenters. The van der Waals surface area contributed by atoms with Gasteiger partial charge in [0.2, 0.25) is 0 Å². The monoisotopic (exact) mass is 345 g/mol. The standard InChI is InChI=1S/C22H23N3O/c1-15-5-6-16(13-23-15)7-8-17-3-2-4-19-20-14-25(26)11-9-18(10-12-25)22(20)24-21(17)19/h2-8,13,18,24H,9-12,14H2,1H3. The molecule has 0 atom stereocenters. The highest BCUT2D eigenvalue weighted by Crippen LogP contribution is 2.42. The van der Waals surface area contributed by atoms with Gasteiger partial charge in [-0.1, -0.05) is 36.4 Å². The third-order valence-electron chi connectivity index (χ3n) is 6.02. The molecule has 2 aromatic heterocycles. The topological polar surface area (TPSA) is 51.7 Å². The minimum absolute atomic E-state index is 0.0500. The Labute approximate surface area is 153 Å². The quantitative estimate of drug-likeness (QED) is 0.538. The number of benzene rings is 1. The summed E-state index contributed by atoms with van der Waals surface area (Å²) in [4.78, 5) is 8.05. The molecule has 0 saturated carbocycles. The number of H-pyrrole nitrogens is 1. The first kappa shape index (κ1) is 15.8. The highest BCUT2D eigenvalue weighted by molar-refractivity contribution is 5.93. The van der Waals surface area contributed by atoms with E-state index in [1.165, 1.54) is 22.2 Å². The molecule has 2 bridgehead atoms. The van der Waals surface area contributed by atoms with Crippen LogP contribution in [-0.2, 0) is 6.54 Å². The molecule has 1 aromatic carbocycles. The summed E-state index contributed by atoms with van der Waals surface area (Å²) in [6.07, 6.45) is 8.15. The molecule has 1 N–H and O–H groups in total. The molecule has 4 nitrogen and oxygen atoms in total. The zero-order valence-corrected chi connectivity index (χ0v) is 15.0. The second kappa shape index (κ2) is 5.79. The molecular formula is C22H23N3O. The maximum atomic E-state index is 13.0. The first-order chi connectivity index (χ1) is 12.6. The van der Waals surface area contributed by atoms with Crippen molar-refractivity contribution in [2.45, 2.75) is 32.2 Å². The van der Waals surface area contributed by atoms with Crippen molar-refractivity contribution in [3.63, 3.8) is 0 Å². The van der Waals surface area contributed by atoms with E-state index in [1.807, 2.05) is 19.2 Å². The SMILES string of the molecule is Cc1ccc(C=Cc2cccc3c4c([nH]c23)C2CC[N+]([O-])(CC2)C4)cn1. The fourth-order valence-electron chi connectivity index (χ4n) is 4.51. The fraction of sp³-hybridized carbons (Fsp3) is 0.318. The van der Waals surface area contributed by atoms with E-state index in [0.29, 0.717) is 12.5 Å². The van der Waals surface area contributed by atoms with Crippen LogP contribution < -0.4 is 0 Å². The summed E-state index contributed by atoms with van der Waals surface area (Å²) < 4.78 is -0.0500. The summed E-state index contributed by atoms with van der Waals surface area (Å²) in [7, 11) is 0. The molecule has 1 fully saturated rings. The van der Waals surface area contributed by atoms with Crippen LogP contribution in [0.25, 0.3) is 23.1 Å². The van der Waals surface area contributed by atoms with Crippen LogP contribution in [0.1, 0.15) is 46.8 Å². The Morgan fingerprint density at radius 2 is 2.00 bits per heavy atom. The molecule has 3 aliphatic heterocycles. The van der Waals surface area contributed by atoms with Crippen LogP contribution in [0.15, 0.2) is 36.5 Å². The lowest BCUT2D eigenvalue weighted by Crippen LogP contribution is -2.44. The molecule has 0 amide bonds. The lowest BCUT2D eigenvalue weighted by molar-refractivity contribution is -0.897. The third-order valence-corrected chi connectivity index (χ3v) is 6.02. The van der Waals surface area contributed by atoms with Crippen molar-refractivity contribution in [3.05, 3.63) is 69.8 Å². The van der Waals surface area contributed by atoms with Gasteiger partial charge in [0.05, 0.1) is 18.6 Å². The molecule has 132 valence electrons. The maximum Gasteiger partial charge on any atom is 0.106 e. The van der Waals surface area contributed by atoms with Crippen LogP contribution in [0, 0.1) is 12.1 Å². The molecule has 26 heavy (non-hydrogen) atoms. The molecule has 1 saturated heterocycles. The summed E-state index contributed by atoms with van der Waals surface area (Å²) in [5.74, 6) is 0.512. The maximum absolute atomic E-state index is 13.0. The Balaban J connectivity index is 1.59. The molecule has 3 aromatic rings. The summed E-state index contributed by atoms with van der Waals surface area (Å²) >= 11 is 0. The van der Waals surface area contributed by atoms with E-state index >= 15 is 0 Å². The van der Waals surface area contributed by atoms with Crippen LogP contribution in [0.2, 0.25) is 0 Å². The molecule has 0 aliphatic carbocycles. The van der Waals surface area contributed by atoms with E-state index in [-0.39, 0.29) is 4.65 Å². The number of aromatic amines is 1. The molecule has 0 spiro atoms. The van der Waals surface area contributed by atoms with E-state index in [4.69, 9.17) is 0 Å². The fourth-order valence-corrected chi connectivity index (χ4v) is 4.51. The number of fused-ring (bicyclic) bond motifs is 3. The number of nitrogens with one attached hydrogen (secondary N) is 1. The second-order valence-corrected chi connectivity index (χ2v) is 7.79. The van der Waals surface area contributed by atoms with Crippen LogP contribution in [0.3, 0.4) is 0 Å². The largest absolute Gasteiger partial charge is 0.633 e. The second-order valence-electron chi connectivity index (χ2n) is 7.79. The van der Waals surface area contributed by atoms with Crippen molar-refractivity contribution in [2.75, 3.05) is 13.1 Å². The Kier molecular flexibility index (Phi) is 3.52. The van der Waals surface area contributed by atoms with E-state index in [2.05, 4.69) is 46.4 Å². The van der Waals surface area contributed by atoms with Gasteiger partial charge in [-0.15, -0.1) is 0 Å². The van der Waals surface area contributed by atoms with E-state index in [0.717, 1.165) is 42.7 Å². The number of aromatic nitrogens is 2. The van der Waals surface area contributed by atoms with Crippen LogP contribution in [0.5, 0.6) is 0 Å². The summed E-state index contributed by atoms with van der Waals surface area (Å²) in [6, 6.07) is 10.5. The van der Waals surface area contributed by atoms with Gasteiger partial charge in [-0.25, -0.2) is 0 Å². The van der Waals surface area contributed by atoms with E-state index in [9.17, 15) is 5.21 Å². The minimum Gasteiger partial charge on any atom is -0.633 e. The van der Waals surface area contributed by atoms with Crippen molar-refractivity contribution < 1.29 is 4.65 Å². The first-order valence-electron chi connectivity index (χ1n) is 9.43. The van der Waals surface area contributed by atoms with Crippen LogP contribution in [0.4, 0.5) is 0 Å². The summed E-state index contributed by atoms with van der Waals surface area (Å²) in [5.41, 5.74) is 7.01. The van der Waals surface area contributed by atoms with Crippen molar-refractivity contribution in [1.82, 2.24) is 9.97 Å². The molecular weight excluding hydrogens is 322 g/mol. The Hall–Kier alpha value is -2.43. The van der Waals surface area contributed by atoms with Gasteiger partial charge in [-0.2, -0.15) is 0 Å². The van der Waals surface area contributed by atoms with Crippen LogP contribution >= 0.6 is 0 Å². The third kappa shape index (κ3) is 2.57. The molecule has 3 aliphatic rings. The van der Waals surface area contributed by atoms with Crippen LogP contribution in [-0.4, -0.2) is 27.7 Å². The predicted molar refractivity (Wildman–Crippen MR) is 105 cm³/mol. The number of aryl methyl sites for hydroxylation is 1. The number of quaternary nitrogens is 1. The number of hydroxylamine groups is 3. The van der Waals surface area contributed by atoms with Crippen molar-refractivity contribution >= 4 is 23.1 Å². The smallest absolute Gasteiger partial charge is 0.106 e. The number of nitrogens with zero attached hydrogens (tertiary/aromatic N) is 2. The van der Waals surface area contributed by atoms with Crippen molar-refractivity contribution in [2.24, 2.45) is 0 Å². The zero-order chi connectivity index (χ0) is 17.7. The Bertz CT molecular complexity index is 992. The highest BCUT2D eigenvalue weighted by Gasteiger charge is 2.36. The van der Waals surface area contributed by atoms with Gasteiger partial charge in [-0.3, -0.25) is 4.98 Å². The zero-order valence-electron chi connectivity index (χ0n) is 15.0. The van der Waals surface area contributed by atoms with Gasteiger partial charge in [0.15, 0.2) is 0 Å². The summed E-state index contributed by atoms with van der Waals surface area (Å²) in [6.45, 7) is 4.12. The Morgan fingerprint density at radius 1 is 1.15 bits per heavy atom. The highest BCUT2D eigenvalue weighted by atomic mass is 16.5. The average Bonchev–Trinajstić information content (AvgIpc) is 2.86. The van der Waals surface area contributed by atoms with Gasteiger partial charge in [0.1, 0.15) is 6.54 Å². The average molecular weight is 345 g/mol.